The first-order valence-electron chi connectivity index (χ1n) is 11.5. The standard InChI is InChI=1S/C26H30N6O2S/c1-18(2)15-22(24(33)28-14-12-27)31-26-32-23(17-35-26)20-9-6-10-21(16-20)30-25(34)29-13-11-19-7-4-3-5-8-19/h3-10,16-18,22H,11,13-15H2,1-2H3,(H,28,33)(H,31,32)(H2,29,30,34)/t22-/m0/s1. The Hall–Kier alpha value is -3.90. The third-order valence-electron chi connectivity index (χ3n) is 5.13. The van der Waals surface area contributed by atoms with Gasteiger partial charge in [-0.15, -0.1) is 11.3 Å². The molecule has 0 radical (unpaired) electrons. The highest BCUT2D eigenvalue weighted by Gasteiger charge is 2.21. The Labute approximate surface area is 209 Å². The predicted molar refractivity (Wildman–Crippen MR) is 140 cm³/mol. The van der Waals surface area contributed by atoms with Gasteiger partial charge in [-0.1, -0.05) is 56.3 Å². The van der Waals surface area contributed by atoms with Gasteiger partial charge < -0.3 is 21.3 Å². The number of benzene rings is 2. The van der Waals surface area contributed by atoms with Crippen molar-refractivity contribution in [1.29, 1.82) is 5.26 Å². The van der Waals surface area contributed by atoms with Gasteiger partial charge in [-0.3, -0.25) is 4.79 Å². The lowest BCUT2D eigenvalue weighted by molar-refractivity contribution is -0.121. The van der Waals surface area contributed by atoms with E-state index in [2.05, 4.69) is 26.3 Å². The summed E-state index contributed by atoms with van der Waals surface area (Å²) in [6, 6.07) is 18.6. The average molecular weight is 491 g/mol. The largest absolute Gasteiger partial charge is 0.350 e. The van der Waals surface area contributed by atoms with Crippen LogP contribution in [0.4, 0.5) is 15.6 Å². The van der Waals surface area contributed by atoms with Crippen LogP contribution in [-0.4, -0.2) is 36.1 Å². The van der Waals surface area contributed by atoms with Crippen molar-refractivity contribution in [3.05, 3.63) is 65.5 Å². The highest BCUT2D eigenvalue weighted by Crippen LogP contribution is 2.27. The highest BCUT2D eigenvalue weighted by atomic mass is 32.1. The Morgan fingerprint density at radius 1 is 1.09 bits per heavy atom. The highest BCUT2D eigenvalue weighted by molar-refractivity contribution is 7.14. The summed E-state index contributed by atoms with van der Waals surface area (Å²) in [5, 5.41) is 22.8. The Kier molecular flexibility index (Phi) is 9.63. The molecule has 2 aromatic carbocycles. The van der Waals surface area contributed by atoms with Crippen LogP contribution < -0.4 is 21.3 Å². The van der Waals surface area contributed by atoms with E-state index in [1.54, 1.807) is 0 Å². The lowest BCUT2D eigenvalue weighted by Crippen LogP contribution is -2.40. The lowest BCUT2D eigenvalue weighted by atomic mass is 10.0. The maximum absolute atomic E-state index is 12.4. The molecule has 1 aromatic heterocycles. The Balaban J connectivity index is 1.59. The van der Waals surface area contributed by atoms with Crippen molar-refractivity contribution in [2.75, 3.05) is 23.7 Å². The zero-order chi connectivity index (χ0) is 25.0. The van der Waals surface area contributed by atoms with E-state index in [1.807, 2.05) is 79.9 Å². The second-order valence-electron chi connectivity index (χ2n) is 8.44. The normalized spacial score (nSPS) is 11.4. The van der Waals surface area contributed by atoms with Crippen molar-refractivity contribution in [3.8, 4) is 17.3 Å². The monoisotopic (exact) mass is 490 g/mol. The summed E-state index contributed by atoms with van der Waals surface area (Å²) in [7, 11) is 0. The van der Waals surface area contributed by atoms with Gasteiger partial charge in [0.25, 0.3) is 0 Å². The minimum Gasteiger partial charge on any atom is -0.350 e. The van der Waals surface area contributed by atoms with Crippen LogP contribution in [0, 0.1) is 17.2 Å². The molecule has 182 valence electrons. The molecule has 1 atom stereocenters. The number of hydrogen-bond acceptors (Lipinski definition) is 6. The number of anilines is 2. The first-order chi connectivity index (χ1) is 16.9. The molecule has 0 saturated heterocycles. The quantitative estimate of drug-likeness (QED) is 0.292. The van der Waals surface area contributed by atoms with Gasteiger partial charge in [0.05, 0.1) is 11.8 Å². The van der Waals surface area contributed by atoms with Gasteiger partial charge in [0.1, 0.15) is 12.6 Å². The number of thiazole rings is 1. The first-order valence-corrected chi connectivity index (χ1v) is 12.4. The minimum absolute atomic E-state index is 0.0299. The van der Waals surface area contributed by atoms with Crippen LogP contribution in [0.2, 0.25) is 0 Å². The van der Waals surface area contributed by atoms with Crippen molar-refractivity contribution in [2.45, 2.75) is 32.7 Å². The van der Waals surface area contributed by atoms with Crippen LogP contribution in [-0.2, 0) is 11.2 Å². The zero-order valence-corrected chi connectivity index (χ0v) is 20.7. The number of nitrogens with zero attached hydrogens (tertiary/aromatic N) is 2. The van der Waals surface area contributed by atoms with Crippen LogP contribution in [0.15, 0.2) is 60.0 Å². The molecule has 3 rings (SSSR count). The van der Waals surface area contributed by atoms with E-state index in [4.69, 9.17) is 5.26 Å². The van der Waals surface area contributed by atoms with Gasteiger partial charge in [0, 0.05) is 23.2 Å². The van der Waals surface area contributed by atoms with Gasteiger partial charge in [0.2, 0.25) is 5.91 Å². The molecule has 0 spiro atoms. The van der Waals surface area contributed by atoms with Gasteiger partial charge >= 0.3 is 6.03 Å². The van der Waals surface area contributed by atoms with Crippen LogP contribution in [0.25, 0.3) is 11.3 Å². The number of urea groups is 1. The minimum atomic E-state index is -0.477. The third kappa shape index (κ3) is 8.43. The number of rotatable bonds is 11. The summed E-state index contributed by atoms with van der Waals surface area (Å²) in [4.78, 5) is 29.4. The Bertz CT molecular complexity index is 1160. The number of amides is 3. The zero-order valence-electron chi connectivity index (χ0n) is 19.9. The maximum Gasteiger partial charge on any atom is 0.319 e. The summed E-state index contributed by atoms with van der Waals surface area (Å²) < 4.78 is 0. The van der Waals surface area contributed by atoms with Crippen molar-refractivity contribution in [1.82, 2.24) is 15.6 Å². The number of aromatic nitrogens is 1. The molecular formula is C26H30N6O2S. The van der Waals surface area contributed by atoms with Gasteiger partial charge in [-0.05, 0) is 36.5 Å². The fraction of sp³-hybridized carbons (Fsp3) is 0.308. The maximum atomic E-state index is 12.4. The predicted octanol–water partition coefficient (Wildman–Crippen LogP) is 4.64. The van der Waals surface area contributed by atoms with E-state index >= 15 is 0 Å². The van der Waals surface area contributed by atoms with Crippen LogP contribution in [0.5, 0.6) is 0 Å². The third-order valence-corrected chi connectivity index (χ3v) is 5.90. The summed E-state index contributed by atoms with van der Waals surface area (Å²) in [5.74, 6) is 0.0721. The van der Waals surface area contributed by atoms with Crippen LogP contribution in [0.3, 0.4) is 0 Å². The molecule has 0 bridgehead atoms. The smallest absolute Gasteiger partial charge is 0.319 e. The second kappa shape index (κ2) is 13.1. The van der Waals surface area contributed by atoms with Gasteiger partial charge in [0.15, 0.2) is 5.13 Å². The van der Waals surface area contributed by atoms with Crippen molar-refractivity contribution in [2.24, 2.45) is 5.92 Å². The molecule has 8 nitrogen and oxygen atoms in total. The molecule has 0 aliphatic rings. The first kappa shape index (κ1) is 25.7. The van der Waals surface area contributed by atoms with E-state index in [0.717, 1.165) is 17.7 Å². The van der Waals surface area contributed by atoms with E-state index < -0.39 is 6.04 Å². The van der Waals surface area contributed by atoms with Crippen molar-refractivity contribution < 1.29 is 9.59 Å². The molecule has 0 aliphatic carbocycles. The van der Waals surface area contributed by atoms with Crippen molar-refractivity contribution >= 4 is 34.1 Å². The molecular weight excluding hydrogens is 460 g/mol. The van der Waals surface area contributed by atoms with E-state index in [-0.39, 0.29) is 18.5 Å². The topological polar surface area (TPSA) is 119 Å². The fourth-order valence-electron chi connectivity index (χ4n) is 3.47. The number of nitrogens with one attached hydrogen (secondary N) is 4. The van der Waals surface area contributed by atoms with Gasteiger partial charge in [-0.25, -0.2) is 9.78 Å². The average Bonchev–Trinajstić information content (AvgIpc) is 3.31. The molecule has 3 aromatic rings. The lowest BCUT2D eigenvalue weighted by Gasteiger charge is -2.18. The molecule has 4 N–H and O–H groups in total. The van der Waals surface area contributed by atoms with E-state index in [1.165, 1.54) is 16.9 Å². The number of carbonyl (C=O) groups excluding carboxylic acids is 2. The van der Waals surface area contributed by atoms with Crippen LogP contribution >= 0.6 is 11.3 Å². The summed E-state index contributed by atoms with van der Waals surface area (Å²) in [5.41, 5.74) is 3.42. The molecule has 3 amide bonds. The number of nitriles is 1. The van der Waals surface area contributed by atoms with Gasteiger partial charge in [-0.2, -0.15) is 5.26 Å². The Morgan fingerprint density at radius 3 is 2.63 bits per heavy atom. The molecule has 0 aliphatic heterocycles. The van der Waals surface area contributed by atoms with E-state index in [9.17, 15) is 9.59 Å². The summed E-state index contributed by atoms with van der Waals surface area (Å²) in [6.45, 7) is 4.58. The van der Waals surface area contributed by atoms with Crippen molar-refractivity contribution in [3.63, 3.8) is 0 Å². The molecule has 35 heavy (non-hydrogen) atoms. The molecule has 0 fully saturated rings. The van der Waals surface area contributed by atoms with Crippen LogP contribution in [0.1, 0.15) is 25.8 Å². The fourth-order valence-corrected chi connectivity index (χ4v) is 4.24. The summed E-state index contributed by atoms with van der Waals surface area (Å²) >= 11 is 1.40. The SMILES string of the molecule is CC(C)C[C@H](Nc1nc(-c2cccc(NC(=O)NCCc3ccccc3)c2)cs1)C(=O)NCC#N. The number of carbonyl (C=O) groups is 2. The molecule has 9 heteroatoms. The molecule has 0 saturated carbocycles. The molecule has 0 unspecified atom stereocenters. The van der Waals surface area contributed by atoms with E-state index in [0.29, 0.717) is 29.7 Å². The number of hydrogen-bond donors (Lipinski definition) is 4. The second-order valence-corrected chi connectivity index (χ2v) is 9.30. The molecule has 1 heterocycles. The Morgan fingerprint density at radius 2 is 1.89 bits per heavy atom. The summed E-state index contributed by atoms with van der Waals surface area (Å²) in [6.07, 6.45) is 1.38.